The molecule has 2 heterocycles. The van der Waals surface area contributed by atoms with Gasteiger partial charge in [-0.25, -0.2) is 9.78 Å². The van der Waals surface area contributed by atoms with Crippen LogP contribution in [-0.2, 0) is 4.74 Å². The zero-order valence-corrected chi connectivity index (χ0v) is 14.4. The Bertz CT molecular complexity index is 583. The van der Waals surface area contributed by atoms with Gasteiger partial charge in [0.05, 0.1) is 6.20 Å². The summed E-state index contributed by atoms with van der Waals surface area (Å²) in [7, 11) is 0. The van der Waals surface area contributed by atoms with E-state index in [-0.39, 0.29) is 12.6 Å². The molecule has 1 saturated heterocycles. The highest BCUT2D eigenvalue weighted by molar-refractivity contribution is 5.87. The zero-order valence-electron chi connectivity index (χ0n) is 14.4. The summed E-state index contributed by atoms with van der Waals surface area (Å²) in [6, 6.07) is 5.38. The molecule has 0 atom stereocenters. The summed E-state index contributed by atoms with van der Waals surface area (Å²) in [5, 5.41) is 11.8. The first-order chi connectivity index (χ1) is 11.4. The van der Waals surface area contributed by atoms with Crippen LogP contribution in [0.3, 0.4) is 0 Å². The van der Waals surface area contributed by atoms with Crippen LogP contribution >= 0.6 is 0 Å². The van der Waals surface area contributed by atoms with Gasteiger partial charge in [-0.1, -0.05) is 0 Å². The molecule has 2 rings (SSSR count). The molecule has 0 aromatic carbocycles. The molecular weight excluding hydrogens is 308 g/mol. The lowest BCUT2D eigenvalue weighted by molar-refractivity contribution is 0.0558. The van der Waals surface area contributed by atoms with Gasteiger partial charge in [-0.15, -0.1) is 0 Å². The Morgan fingerprint density at radius 1 is 1.42 bits per heavy atom. The minimum atomic E-state index is -0.571. The maximum absolute atomic E-state index is 12.7. The first kappa shape index (κ1) is 18.0. The fourth-order valence-electron chi connectivity index (χ4n) is 2.52. The van der Waals surface area contributed by atoms with E-state index in [4.69, 9.17) is 14.7 Å². The number of pyridine rings is 1. The second-order valence-corrected chi connectivity index (χ2v) is 6.63. The van der Waals surface area contributed by atoms with Crippen LogP contribution in [0.25, 0.3) is 0 Å². The molecule has 1 aliphatic rings. The van der Waals surface area contributed by atoms with Gasteiger partial charge in [0.25, 0.3) is 0 Å². The predicted octanol–water partition coefficient (Wildman–Crippen LogP) is 2.48. The Hall–Kier alpha value is -2.33. The van der Waals surface area contributed by atoms with E-state index in [0.29, 0.717) is 11.6 Å². The number of ether oxygens (including phenoxy) is 2. The molecule has 0 spiro atoms. The Morgan fingerprint density at radius 3 is 2.67 bits per heavy atom. The summed E-state index contributed by atoms with van der Waals surface area (Å²) in [4.78, 5) is 18.6. The van der Waals surface area contributed by atoms with Gasteiger partial charge in [0.2, 0.25) is 0 Å². The fraction of sp³-hybridized carbons (Fsp3) is 0.588. The number of piperidine rings is 1. The molecule has 1 aliphatic heterocycles. The second-order valence-electron chi connectivity index (χ2n) is 6.63. The van der Waals surface area contributed by atoms with Gasteiger partial charge in [0.1, 0.15) is 23.2 Å². The molecule has 0 bridgehead atoms. The molecule has 0 aliphatic carbocycles. The first-order valence-corrected chi connectivity index (χ1v) is 8.09. The van der Waals surface area contributed by atoms with Crippen molar-refractivity contribution >= 4 is 11.9 Å². The molecule has 0 radical (unpaired) electrons. The third kappa shape index (κ3) is 5.10. The lowest BCUT2D eigenvalue weighted by atomic mass is 10.1. The van der Waals surface area contributed by atoms with Crippen LogP contribution in [0.2, 0.25) is 0 Å². The summed E-state index contributed by atoms with van der Waals surface area (Å²) >= 11 is 0. The summed E-state index contributed by atoms with van der Waals surface area (Å²) in [6.07, 6.45) is 2.80. The quantitative estimate of drug-likeness (QED) is 0.911. The van der Waals surface area contributed by atoms with Crippen molar-refractivity contribution in [1.29, 1.82) is 5.26 Å². The largest absolute Gasteiger partial charge is 0.477 e. The topological polar surface area (TPSA) is 87.5 Å². The normalized spacial score (nSPS) is 15.4. The molecule has 24 heavy (non-hydrogen) atoms. The summed E-state index contributed by atoms with van der Waals surface area (Å²) in [5.41, 5.74) is -0.571. The summed E-state index contributed by atoms with van der Waals surface area (Å²) in [5.74, 6) is 1.02. The third-order valence-corrected chi connectivity index (χ3v) is 3.53. The lowest BCUT2D eigenvalue weighted by Crippen LogP contribution is -2.48. The van der Waals surface area contributed by atoms with Crippen molar-refractivity contribution in [1.82, 2.24) is 10.3 Å². The Labute approximate surface area is 142 Å². The number of nitriles is 1. The molecule has 0 unspecified atom stereocenters. The molecule has 7 heteroatoms. The molecule has 0 saturated carbocycles. The van der Waals surface area contributed by atoms with E-state index < -0.39 is 11.7 Å². The van der Waals surface area contributed by atoms with E-state index in [9.17, 15) is 4.79 Å². The molecule has 1 aromatic heterocycles. The molecule has 7 nitrogen and oxygen atoms in total. The average Bonchev–Trinajstić information content (AvgIpc) is 2.54. The van der Waals surface area contributed by atoms with Crippen LogP contribution in [0.1, 0.15) is 33.6 Å². The Balaban J connectivity index is 2.21. The van der Waals surface area contributed by atoms with Crippen molar-refractivity contribution in [2.45, 2.75) is 45.3 Å². The van der Waals surface area contributed by atoms with Crippen molar-refractivity contribution < 1.29 is 14.3 Å². The van der Waals surface area contributed by atoms with Gasteiger partial charge in [-0.05, 0) is 58.8 Å². The van der Waals surface area contributed by atoms with Crippen molar-refractivity contribution in [2.24, 2.45) is 0 Å². The maximum Gasteiger partial charge on any atom is 0.416 e. The Morgan fingerprint density at radius 2 is 2.12 bits per heavy atom. The highest BCUT2D eigenvalue weighted by Crippen LogP contribution is 2.24. The number of hydrogen-bond donors (Lipinski definition) is 1. The average molecular weight is 332 g/mol. The number of carbonyl (C=O) groups excluding carboxylic acids is 1. The van der Waals surface area contributed by atoms with Crippen LogP contribution in [-0.4, -0.2) is 42.4 Å². The smallest absolute Gasteiger partial charge is 0.416 e. The maximum atomic E-state index is 12.7. The molecule has 1 N–H and O–H groups in total. The SMILES string of the molecule is CC(C)(C)OC(=O)N(c1ccc(OCC#N)cn1)C1CCNCC1. The van der Waals surface area contributed by atoms with Crippen molar-refractivity contribution in [3.8, 4) is 11.8 Å². The van der Waals surface area contributed by atoms with E-state index >= 15 is 0 Å². The fourth-order valence-corrected chi connectivity index (χ4v) is 2.52. The van der Waals surface area contributed by atoms with E-state index in [1.165, 1.54) is 6.20 Å². The van der Waals surface area contributed by atoms with Crippen LogP contribution in [0.5, 0.6) is 5.75 Å². The lowest BCUT2D eigenvalue weighted by Gasteiger charge is -2.35. The standard InChI is InChI=1S/C17H24N4O3/c1-17(2,3)24-16(22)21(13-6-9-19-10-7-13)15-5-4-14(12-20-15)23-11-8-18/h4-5,12-13,19H,6-7,9-11H2,1-3H3. The predicted molar refractivity (Wildman–Crippen MR) is 89.9 cm³/mol. The number of anilines is 1. The van der Waals surface area contributed by atoms with Gasteiger partial charge in [-0.3, -0.25) is 4.90 Å². The minimum absolute atomic E-state index is 0.0366. The molecule has 1 amide bonds. The molecular formula is C17H24N4O3. The molecule has 1 aromatic rings. The Kier molecular flexibility index (Phi) is 5.99. The highest BCUT2D eigenvalue weighted by atomic mass is 16.6. The van der Waals surface area contributed by atoms with Crippen molar-refractivity contribution in [3.63, 3.8) is 0 Å². The van der Waals surface area contributed by atoms with Crippen LogP contribution in [0.15, 0.2) is 18.3 Å². The third-order valence-electron chi connectivity index (χ3n) is 3.53. The minimum Gasteiger partial charge on any atom is -0.477 e. The van der Waals surface area contributed by atoms with E-state index in [2.05, 4.69) is 10.3 Å². The number of carbonyl (C=O) groups is 1. The number of hydrogen-bond acceptors (Lipinski definition) is 6. The van der Waals surface area contributed by atoms with Gasteiger partial charge >= 0.3 is 6.09 Å². The summed E-state index contributed by atoms with van der Waals surface area (Å²) < 4.78 is 10.8. The monoisotopic (exact) mass is 332 g/mol. The van der Waals surface area contributed by atoms with Crippen LogP contribution in [0, 0.1) is 11.3 Å². The number of aromatic nitrogens is 1. The van der Waals surface area contributed by atoms with Gasteiger partial charge in [-0.2, -0.15) is 5.26 Å². The number of rotatable bonds is 4. The van der Waals surface area contributed by atoms with E-state index in [1.54, 1.807) is 17.0 Å². The number of nitrogens with one attached hydrogen (secondary N) is 1. The molecule has 130 valence electrons. The first-order valence-electron chi connectivity index (χ1n) is 8.09. The van der Waals surface area contributed by atoms with E-state index in [1.807, 2.05) is 26.8 Å². The van der Waals surface area contributed by atoms with Gasteiger partial charge in [0.15, 0.2) is 6.61 Å². The zero-order chi connectivity index (χ0) is 17.6. The van der Waals surface area contributed by atoms with E-state index in [0.717, 1.165) is 25.9 Å². The van der Waals surface area contributed by atoms with Gasteiger partial charge < -0.3 is 14.8 Å². The molecule has 1 fully saturated rings. The van der Waals surface area contributed by atoms with Crippen molar-refractivity contribution in [3.05, 3.63) is 18.3 Å². The second kappa shape index (κ2) is 7.97. The van der Waals surface area contributed by atoms with Crippen molar-refractivity contribution in [2.75, 3.05) is 24.6 Å². The van der Waals surface area contributed by atoms with Crippen LogP contribution in [0.4, 0.5) is 10.6 Å². The number of nitrogens with zero attached hydrogens (tertiary/aromatic N) is 3. The highest BCUT2D eigenvalue weighted by Gasteiger charge is 2.31. The number of amides is 1. The van der Waals surface area contributed by atoms with Gasteiger partial charge in [0, 0.05) is 6.04 Å². The van der Waals surface area contributed by atoms with Crippen LogP contribution < -0.4 is 15.0 Å². The summed E-state index contributed by atoms with van der Waals surface area (Å²) in [6.45, 7) is 7.21.